The van der Waals surface area contributed by atoms with Gasteiger partial charge in [0.15, 0.2) is 0 Å². The van der Waals surface area contributed by atoms with Crippen molar-refractivity contribution in [1.29, 1.82) is 0 Å². The van der Waals surface area contributed by atoms with Crippen molar-refractivity contribution in [2.24, 2.45) is 0 Å². The van der Waals surface area contributed by atoms with E-state index in [4.69, 9.17) is 0 Å². The maximum absolute atomic E-state index is 2.81. The van der Waals surface area contributed by atoms with Crippen LogP contribution in [0.2, 0.25) is 0 Å². The number of rotatable bonds is 2. The lowest BCUT2D eigenvalue weighted by molar-refractivity contribution is 0.161. The van der Waals surface area contributed by atoms with E-state index in [1.54, 1.807) is 0 Å². The van der Waals surface area contributed by atoms with Gasteiger partial charge in [-0.3, -0.25) is 0 Å². The van der Waals surface area contributed by atoms with Gasteiger partial charge in [0, 0.05) is 26.2 Å². The highest BCUT2D eigenvalue weighted by Crippen LogP contribution is 2.15. The number of nitrogens with zero attached hydrogens (tertiary/aromatic N) is 4. The summed E-state index contributed by atoms with van der Waals surface area (Å²) in [5.41, 5.74) is 0. The first kappa shape index (κ1) is 35.0. The second-order valence-electron chi connectivity index (χ2n) is 13.0. The molecule has 0 spiro atoms. The van der Waals surface area contributed by atoms with Crippen molar-refractivity contribution >= 4 is 0 Å². The Morgan fingerprint density at radius 2 is 0.513 bits per heavy atom. The molecular formula is C35H72N4. The molecule has 0 aromatic heterocycles. The van der Waals surface area contributed by atoms with Crippen molar-refractivity contribution < 1.29 is 0 Å². The fourth-order valence-electron chi connectivity index (χ4n) is 6.80. The van der Waals surface area contributed by atoms with Gasteiger partial charge in [0.05, 0.1) is 0 Å². The number of likely N-dealkylation sites (N-methyl/N-ethyl adjacent to an activating group) is 2. The molecule has 39 heavy (non-hydrogen) atoms. The predicted octanol–water partition coefficient (Wildman–Crippen LogP) is 8.45. The topological polar surface area (TPSA) is 13.0 Å². The van der Waals surface area contributed by atoms with Crippen LogP contribution in [0.25, 0.3) is 0 Å². The van der Waals surface area contributed by atoms with Gasteiger partial charge >= 0.3 is 0 Å². The summed E-state index contributed by atoms with van der Waals surface area (Å²) in [5, 5.41) is 0. The quantitative estimate of drug-likeness (QED) is 0.343. The van der Waals surface area contributed by atoms with Gasteiger partial charge in [-0.1, -0.05) is 123 Å². The van der Waals surface area contributed by atoms with Gasteiger partial charge < -0.3 is 19.6 Å². The molecule has 2 unspecified atom stereocenters. The van der Waals surface area contributed by atoms with E-state index in [1.807, 2.05) is 0 Å². The van der Waals surface area contributed by atoms with Gasteiger partial charge in [-0.15, -0.1) is 0 Å². The van der Waals surface area contributed by atoms with Crippen LogP contribution in [-0.2, 0) is 0 Å². The molecule has 3 fully saturated rings. The molecule has 2 atom stereocenters. The second kappa shape index (κ2) is 25.5. The number of hydrogen-bond donors (Lipinski definition) is 0. The summed E-state index contributed by atoms with van der Waals surface area (Å²) in [6.07, 6.45) is 30.5. The Morgan fingerprint density at radius 1 is 0.256 bits per heavy atom. The lowest BCUT2D eigenvalue weighted by atomic mass is 10.0. The van der Waals surface area contributed by atoms with Crippen LogP contribution in [0.4, 0.5) is 0 Å². The minimum atomic E-state index is 1.21. The Hall–Kier alpha value is -0.160. The van der Waals surface area contributed by atoms with E-state index in [-0.39, 0.29) is 0 Å². The maximum atomic E-state index is 2.81. The van der Waals surface area contributed by atoms with Gasteiger partial charge in [-0.05, 0) is 78.0 Å². The van der Waals surface area contributed by atoms with Crippen LogP contribution in [0.5, 0.6) is 0 Å². The van der Waals surface area contributed by atoms with E-state index < -0.39 is 0 Å². The first-order chi connectivity index (χ1) is 19.3. The standard InChI is InChI=1S/C35H72N4/c1-3-36-28-24-30-39-27-23-21-19-17-15-13-11-9-7-5-6-8-10-12-14-16-18-20-22-26-38(34-32-36)31-25-29-37(4-2)33-35-39/h3-35H2,1-2H3. The summed E-state index contributed by atoms with van der Waals surface area (Å²) in [6, 6.07) is 0. The van der Waals surface area contributed by atoms with E-state index >= 15 is 0 Å². The Morgan fingerprint density at radius 3 is 0.795 bits per heavy atom. The smallest absolute Gasteiger partial charge is 0.0109 e. The molecule has 3 aliphatic heterocycles. The van der Waals surface area contributed by atoms with E-state index in [0.717, 1.165) is 0 Å². The van der Waals surface area contributed by atoms with Crippen LogP contribution in [0, 0.1) is 0 Å². The molecule has 232 valence electrons. The van der Waals surface area contributed by atoms with Gasteiger partial charge in [0.1, 0.15) is 0 Å². The zero-order chi connectivity index (χ0) is 27.6. The molecule has 0 amide bonds. The highest BCUT2D eigenvalue weighted by molar-refractivity contribution is 4.70. The molecule has 4 nitrogen and oxygen atoms in total. The van der Waals surface area contributed by atoms with E-state index in [2.05, 4.69) is 33.4 Å². The van der Waals surface area contributed by atoms with Crippen LogP contribution < -0.4 is 0 Å². The Bertz CT molecular complexity index is 469. The highest BCUT2D eigenvalue weighted by atomic mass is 15.2. The molecular weight excluding hydrogens is 476 g/mol. The van der Waals surface area contributed by atoms with Crippen molar-refractivity contribution in [2.75, 3.05) is 78.5 Å². The first-order valence-corrected chi connectivity index (χ1v) is 18.2. The minimum absolute atomic E-state index is 1.21. The summed E-state index contributed by atoms with van der Waals surface area (Å²) in [7, 11) is 0. The SMILES string of the molecule is CCN1CCCN2CCCCCCCCCCCCCCCCCCCCCN(CCCN(CC)CC2)CC1. The molecule has 2 bridgehead atoms. The lowest BCUT2D eigenvalue weighted by Gasteiger charge is -2.31. The third-order valence-electron chi connectivity index (χ3n) is 9.71. The Kier molecular flexibility index (Phi) is 22.9. The summed E-state index contributed by atoms with van der Waals surface area (Å²) in [5.74, 6) is 0. The van der Waals surface area contributed by atoms with Crippen molar-refractivity contribution in [1.82, 2.24) is 19.6 Å². The van der Waals surface area contributed by atoms with Gasteiger partial charge in [0.2, 0.25) is 0 Å². The normalized spacial score (nSPS) is 28.2. The Labute approximate surface area is 246 Å². The third-order valence-corrected chi connectivity index (χ3v) is 9.71. The zero-order valence-corrected chi connectivity index (χ0v) is 27.1. The van der Waals surface area contributed by atoms with Crippen LogP contribution in [0.3, 0.4) is 0 Å². The van der Waals surface area contributed by atoms with E-state index in [0.29, 0.717) is 0 Å². The molecule has 0 aliphatic carbocycles. The zero-order valence-electron chi connectivity index (χ0n) is 27.1. The summed E-state index contributed by atoms with van der Waals surface area (Å²) >= 11 is 0. The van der Waals surface area contributed by atoms with Crippen molar-refractivity contribution in [3.63, 3.8) is 0 Å². The molecule has 0 saturated carbocycles. The summed E-state index contributed by atoms with van der Waals surface area (Å²) < 4.78 is 0. The van der Waals surface area contributed by atoms with E-state index in [1.165, 1.54) is 213 Å². The monoisotopic (exact) mass is 549 g/mol. The van der Waals surface area contributed by atoms with Crippen molar-refractivity contribution in [3.05, 3.63) is 0 Å². The molecule has 0 radical (unpaired) electrons. The number of fused-ring (bicyclic) bond motifs is 30. The Balaban J connectivity index is 1.87. The molecule has 0 aromatic rings. The van der Waals surface area contributed by atoms with Crippen LogP contribution in [0.1, 0.15) is 149 Å². The van der Waals surface area contributed by atoms with Gasteiger partial charge in [-0.25, -0.2) is 0 Å². The summed E-state index contributed by atoms with van der Waals surface area (Å²) in [6.45, 7) is 20.0. The molecule has 3 rings (SSSR count). The second-order valence-corrected chi connectivity index (χ2v) is 13.0. The largest absolute Gasteiger partial charge is 0.302 e. The maximum Gasteiger partial charge on any atom is 0.0109 e. The average molecular weight is 549 g/mol. The molecule has 0 N–H and O–H groups in total. The molecule has 3 saturated heterocycles. The van der Waals surface area contributed by atoms with Crippen molar-refractivity contribution in [3.8, 4) is 0 Å². The fourth-order valence-corrected chi connectivity index (χ4v) is 6.80. The predicted molar refractivity (Wildman–Crippen MR) is 174 cm³/mol. The molecule has 0 aromatic carbocycles. The lowest BCUT2D eigenvalue weighted by Crippen LogP contribution is -2.41. The molecule has 4 heteroatoms. The first-order valence-electron chi connectivity index (χ1n) is 18.2. The van der Waals surface area contributed by atoms with Gasteiger partial charge in [-0.2, -0.15) is 0 Å². The molecule has 3 aliphatic rings. The minimum Gasteiger partial charge on any atom is -0.302 e. The third kappa shape index (κ3) is 19.6. The molecule has 3 heterocycles. The van der Waals surface area contributed by atoms with Crippen LogP contribution >= 0.6 is 0 Å². The fraction of sp³-hybridized carbons (Fsp3) is 1.00. The van der Waals surface area contributed by atoms with Crippen LogP contribution in [0.15, 0.2) is 0 Å². The van der Waals surface area contributed by atoms with Crippen molar-refractivity contribution in [2.45, 2.75) is 149 Å². The summed E-state index contributed by atoms with van der Waals surface area (Å²) in [4.78, 5) is 11.1. The van der Waals surface area contributed by atoms with Crippen LogP contribution in [-0.4, -0.2) is 98.1 Å². The van der Waals surface area contributed by atoms with E-state index in [9.17, 15) is 0 Å². The van der Waals surface area contributed by atoms with Gasteiger partial charge in [0.25, 0.3) is 0 Å². The number of hydrogen-bond acceptors (Lipinski definition) is 4. The highest BCUT2D eigenvalue weighted by Gasteiger charge is 2.13. The average Bonchev–Trinajstić information content (AvgIpc) is 2.95.